The Labute approximate surface area is 192 Å². The predicted molar refractivity (Wildman–Crippen MR) is 95.5 cm³/mol. The first kappa shape index (κ1) is 27.7. The third-order valence-corrected chi connectivity index (χ3v) is 5.78. The van der Waals surface area contributed by atoms with Crippen molar-refractivity contribution in [3.8, 4) is 0 Å². The standard InChI is InChI=1S/C18H38O4S.K/c1-3-5-9-13-17(19)14-11-7-8-12-16-18(23(20,21)22)15-10-6-4-2;/h17-19H,3-16H2,1-2H3,(H,20,21,22);/q;+1/p-1. The average molecular weight is 389 g/mol. The number of aliphatic hydroxyl groups excluding tert-OH is 1. The van der Waals surface area contributed by atoms with E-state index in [9.17, 15) is 18.1 Å². The molecule has 24 heavy (non-hydrogen) atoms. The van der Waals surface area contributed by atoms with Crippen LogP contribution in [-0.4, -0.2) is 29.4 Å². The molecule has 0 rings (SSSR count). The summed E-state index contributed by atoms with van der Waals surface area (Å²) >= 11 is 0. The van der Waals surface area contributed by atoms with Gasteiger partial charge < -0.3 is 9.66 Å². The van der Waals surface area contributed by atoms with E-state index in [1.807, 2.05) is 0 Å². The van der Waals surface area contributed by atoms with Gasteiger partial charge in [-0.1, -0.05) is 78.1 Å². The molecule has 0 aliphatic carbocycles. The zero-order valence-electron chi connectivity index (χ0n) is 16.1. The number of unbranched alkanes of at least 4 members (excludes halogenated alkanes) is 7. The van der Waals surface area contributed by atoms with Gasteiger partial charge in [-0.3, -0.25) is 0 Å². The summed E-state index contributed by atoms with van der Waals surface area (Å²) in [5.41, 5.74) is 0. The van der Waals surface area contributed by atoms with Crippen LogP contribution in [0.25, 0.3) is 0 Å². The van der Waals surface area contributed by atoms with Crippen LogP contribution < -0.4 is 51.4 Å². The quantitative estimate of drug-likeness (QED) is 0.248. The van der Waals surface area contributed by atoms with Crippen molar-refractivity contribution in [2.45, 2.75) is 115 Å². The van der Waals surface area contributed by atoms with Gasteiger partial charge in [0.2, 0.25) is 0 Å². The number of hydrogen-bond donors (Lipinski definition) is 1. The number of rotatable bonds is 16. The van der Waals surface area contributed by atoms with Crippen LogP contribution in [0.5, 0.6) is 0 Å². The average Bonchev–Trinajstić information content (AvgIpc) is 2.48. The van der Waals surface area contributed by atoms with Crippen molar-refractivity contribution in [3.05, 3.63) is 0 Å². The Hall–Kier alpha value is 1.51. The summed E-state index contributed by atoms with van der Waals surface area (Å²) in [4.78, 5) is 0. The molecule has 2 atom stereocenters. The van der Waals surface area contributed by atoms with E-state index < -0.39 is 15.4 Å². The van der Waals surface area contributed by atoms with Gasteiger partial charge in [0.15, 0.2) is 0 Å². The van der Waals surface area contributed by atoms with Crippen molar-refractivity contribution in [1.82, 2.24) is 0 Å². The van der Waals surface area contributed by atoms with E-state index in [0.717, 1.165) is 64.2 Å². The number of aliphatic hydroxyl groups is 1. The molecule has 140 valence electrons. The van der Waals surface area contributed by atoms with Crippen molar-refractivity contribution in [2.75, 3.05) is 0 Å². The summed E-state index contributed by atoms with van der Waals surface area (Å²) < 4.78 is 33.8. The van der Waals surface area contributed by atoms with Crippen molar-refractivity contribution < 1.29 is 69.5 Å². The molecular weight excluding hydrogens is 351 g/mol. The molecule has 0 aromatic carbocycles. The molecule has 1 N–H and O–H groups in total. The summed E-state index contributed by atoms with van der Waals surface area (Å²) in [6.45, 7) is 4.22. The van der Waals surface area contributed by atoms with Gasteiger partial charge in [-0.2, -0.15) is 0 Å². The minimum absolute atomic E-state index is 0. The van der Waals surface area contributed by atoms with Crippen LogP contribution in [0.1, 0.15) is 104 Å². The fraction of sp³-hybridized carbons (Fsp3) is 1.00. The maximum atomic E-state index is 11.3. The molecule has 0 amide bonds. The fourth-order valence-electron chi connectivity index (χ4n) is 2.93. The van der Waals surface area contributed by atoms with Crippen LogP contribution in [0.15, 0.2) is 0 Å². The summed E-state index contributed by atoms with van der Waals surface area (Å²) in [6.07, 6.45) is 12.6. The molecule has 0 radical (unpaired) electrons. The van der Waals surface area contributed by atoms with Gasteiger partial charge in [0.25, 0.3) is 0 Å². The van der Waals surface area contributed by atoms with Crippen LogP contribution >= 0.6 is 0 Å². The predicted octanol–water partition coefficient (Wildman–Crippen LogP) is 1.77. The molecule has 0 aliphatic heterocycles. The van der Waals surface area contributed by atoms with Gasteiger partial charge in [-0.05, 0) is 25.7 Å². The van der Waals surface area contributed by atoms with Crippen LogP contribution in [0, 0.1) is 0 Å². The SMILES string of the molecule is CCCCCC(O)CCCCCCC(CCCCC)S(=O)(=O)[O-].[K+]. The van der Waals surface area contributed by atoms with Gasteiger partial charge in [-0.15, -0.1) is 0 Å². The normalized spacial score (nSPS) is 14.2. The summed E-state index contributed by atoms with van der Waals surface area (Å²) in [5.74, 6) is 0. The molecule has 0 aliphatic rings. The van der Waals surface area contributed by atoms with E-state index in [0.29, 0.717) is 12.8 Å². The number of hydrogen-bond acceptors (Lipinski definition) is 4. The molecule has 2 unspecified atom stereocenters. The second-order valence-corrected chi connectivity index (χ2v) is 8.40. The Balaban J connectivity index is 0. The maximum Gasteiger partial charge on any atom is 1.00 e. The Morgan fingerprint density at radius 2 is 1.12 bits per heavy atom. The van der Waals surface area contributed by atoms with Crippen LogP contribution in [0.3, 0.4) is 0 Å². The molecular formula is C18H37KO4S. The largest absolute Gasteiger partial charge is 1.00 e. The minimum Gasteiger partial charge on any atom is -0.748 e. The molecule has 4 nitrogen and oxygen atoms in total. The Morgan fingerprint density at radius 1 is 0.750 bits per heavy atom. The third-order valence-electron chi connectivity index (χ3n) is 4.49. The van der Waals surface area contributed by atoms with Gasteiger partial charge in [0.05, 0.1) is 16.2 Å². The molecule has 0 fully saturated rings. The zero-order chi connectivity index (χ0) is 17.6. The topological polar surface area (TPSA) is 77.4 Å². The van der Waals surface area contributed by atoms with Gasteiger partial charge in [-0.25, -0.2) is 8.42 Å². The molecule has 0 bridgehead atoms. The first-order valence-electron chi connectivity index (χ1n) is 9.54. The minimum atomic E-state index is -4.15. The second-order valence-electron chi connectivity index (χ2n) is 6.75. The fourth-order valence-corrected chi connectivity index (χ4v) is 3.85. The first-order chi connectivity index (χ1) is 10.9. The zero-order valence-corrected chi connectivity index (χ0v) is 20.1. The van der Waals surface area contributed by atoms with Gasteiger partial charge in [0, 0.05) is 5.25 Å². The van der Waals surface area contributed by atoms with E-state index in [1.54, 1.807) is 0 Å². The second kappa shape index (κ2) is 17.9. The molecule has 0 aromatic heterocycles. The summed E-state index contributed by atoms with van der Waals surface area (Å²) in [6, 6.07) is 0. The molecule has 6 heteroatoms. The third kappa shape index (κ3) is 16.9. The molecule has 0 saturated carbocycles. The van der Waals surface area contributed by atoms with Crippen LogP contribution in [0.2, 0.25) is 0 Å². The summed E-state index contributed by atoms with van der Waals surface area (Å²) in [7, 11) is -4.15. The van der Waals surface area contributed by atoms with Crippen molar-refractivity contribution in [2.24, 2.45) is 0 Å². The van der Waals surface area contributed by atoms with E-state index in [-0.39, 0.29) is 57.5 Å². The smallest absolute Gasteiger partial charge is 0.748 e. The van der Waals surface area contributed by atoms with Crippen LogP contribution in [0.4, 0.5) is 0 Å². The molecule has 0 saturated heterocycles. The molecule has 0 heterocycles. The Morgan fingerprint density at radius 3 is 1.54 bits per heavy atom. The summed E-state index contributed by atoms with van der Waals surface area (Å²) in [5, 5.41) is 9.13. The monoisotopic (exact) mass is 388 g/mol. The van der Waals surface area contributed by atoms with Crippen molar-refractivity contribution >= 4 is 10.1 Å². The van der Waals surface area contributed by atoms with Crippen LogP contribution in [-0.2, 0) is 10.1 Å². The van der Waals surface area contributed by atoms with Gasteiger partial charge >= 0.3 is 51.4 Å². The van der Waals surface area contributed by atoms with E-state index in [2.05, 4.69) is 13.8 Å². The van der Waals surface area contributed by atoms with E-state index in [4.69, 9.17) is 0 Å². The van der Waals surface area contributed by atoms with Crippen molar-refractivity contribution in [1.29, 1.82) is 0 Å². The van der Waals surface area contributed by atoms with E-state index >= 15 is 0 Å². The van der Waals surface area contributed by atoms with E-state index in [1.165, 1.54) is 12.8 Å². The Kier molecular flexibility index (Phi) is 20.7. The Bertz CT molecular complexity index is 360. The molecule has 0 aromatic rings. The maximum absolute atomic E-state index is 11.3. The van der Waals surface area contributed by atoms with Gasteiger partial charge in [0.1, 0.15) is 0 Å². The molecule has 0 spiro atoms. The first-order valence-corrected chi connectivity index (χ1v) is 11.0. The van der Waals surface area contributed by atoms with Crippen molar-refractivity contribution in [3.63, 3.8) is 0 Å².